The van der Waals surface area contributed by atoms with Crippen molar-refractivity contribution in [1.29, 1.82) is 0 Å². The molecule has 100 valence electrons. The number of unbranched alkanes of at least 4 members (excludes halogenated alkanes) is 1. The van der Waals surface area contributed by atoms with Crippen molar-refractivity contribution in [3.05, 3.63) is 35.9 Å². The summed E-state index contributed by atoms with van der Waals surface area (Å²) < 4.78 is 4.88. The monoisotopic (exact) mass is 249 g/mol. The quantitative estimate of drug-likeness (QED) is 0.597. The number of carbonyl (C=O) groups is 1. The van der Waals surface area contributed by atoms with Gasteiger partial charge >= 0.3 is 5.97 Å². The summed E-state index contributed by atoms with van der Waals surface area (Å²) >= 11 is 0. The zero-order valence-electron chi connectivity index (χ0n) is 11.3. The van der Waals surface area contributed by atoms with Gasteiger partial charge in [0.15, 0.2) is 0 Å². The molecule has 0 amide bonds. The number of ether oxygens (including phenoxy) is 1. The molecule has 1 aromatic carbocycles. The van der Waals surface area contributed by atoms with Gasteiger partial charge in [-0.25, -0.2) is 0 Å². The Kier molecular flexibility index (Phi) is 6.44. The van der Waals surface area contributed by atoms with Gasteiger partial charge in [0.25, 0.3) is 0 Å². The van der Waals surface area contributed by atoms with Crippen LogP contribution in [0.5, 0.6) is 0 Å². The molecule has 3 nitrogen and oxygen atoms in total. The predicted molar refractivity (Wildman–Crippen MR) is 73.3 cm³/mol. The average molecular weight is 249 g/mol. The van der Waals surface area contributed by atoms with E-state index in [2.05, 4.69) is 0 Å². The summed E-state index contributed by atoms with van der Waals surface area (Å²) in [7, 11) is 1.44. The minimum Gasteiger partial charge on any atom is -0.469 e. The second kappa shape index (κ2) is 7.88. The first kappa shape index (κ1) is 14.7. The van der Waals surface area contributed by atoms with Gasteiger partial charge in [-0.15, -0.1) is 0 Å². The van der Waals surface area contributed by atoms with Crippen LogP contribution in [0.3, 0.4) is 0 Å². The first-order valence-corrected chi connectivity index (χ1v) is 6.53. The van der Waals surface area contributed by atoms with Gasteiger partial charge < -0.3 is 10.5 Å². The maximum atomic E-state index is 11.8. The largest absolute Gasteiger partial charge is 0.469 e. The molecule has 0 spiro atoms. The average Bonchev–Trinajstić information content (AvgIpc) is 2.38. The van der Waals surface area contributed by atoms with E-state index in [4.69, 9.17) is 10.5 Å². The fourth-order valence-electron chi connectivity index (χ4n) is 2.06. The van der Waals surface area contributed by atoms with Crippen LogP contribution in [-0.4, -0.2) is 19.1 Å². The number of benzene rings is 1. The number of rotatable bonds is 7. The highest BCUT2D eigenvalue weighted by Crippen LogP contribution is 2.23. The molecule has 0 radical (unpaired) electrons. The van der Waals surface area contributed by atoms with Gasteiger partial charge in [0.2, 0.25) is 0 Å². The molecule has 2 atom stereocenters. The van der Waals surface area contributed by atoms with Crippen LogP contribution in [0.1, 0.15) is 44.1 Å². The molecule has 1 rings (SSSR count). The summed E-state index contributed by atoms with van der Waals surface area (Å²) in [5.74, 6) is -0.300. The van der Waals surface area contributed by atoms with E-state index in [0.717, 1.165) is 31.2 Å². The highest BCUT2D eigenvalue weighted by molar-refractivity contribution is 5.77. The lowest BCUT2D eigenvalue weighted by Crippen LogP contribution is -2.16. The molecule has 0 aliphatic rings. The van der Waals surface area contributed by atoms with Crippen molar-refractivity contribution < 1.29 is 9.53 Å². The Balaban J connectivity index is 2.55. The zero-order valence-corrected chi connectivity index (χ0v) is 11.3. The normalized spacial score (nSPS) is 13.9. The van der Waals surface area contributed by atoms with Crippen molar-refractivity contribution in [3.63, 3.8) is 0 Å². The Bertz CT molecular complexity index is 349. The van der Waals surface area contributed by atoms with E-state index in [1.165, 1.54) is 7.11 Å². The van der Waals surface area contributed by atoms with E-state index in [-0.39, 0.29) is 17.9 Å². The minimum atomic E-state index is -0.151. The van der Waals surface area contributed by atoms with Crippen molar-refractivity contribution in [1.82, 2.24) is 0 Å². The summed E-state index contributed by atoms with van der Waals surface area (Å²) in [5.41, 5.74) is 6.75. The van der Waals surface area contributed by atoms with Crippen LogP contribution in [0.2, 0.25) is 0 Å². The van der Waals surface area contributed by atoms with Crippen molar-refractivity contribution in [2.75, 3.05) is 7.11 Å². The lowest BCUT2D eigenvalue weighted by molar-refractivity contribution is -0.142. The summed E-state index contributed by atoms with van der Waals surface area (Å²) in [4.78, 5) is 11.8. The van der Waals surface area contributed by atoms with Crippen LogP contribution in [0.15, 0.2) is 30.3 Å². The number of hydrogen-bond donors (Lipinski definition) is 1. The molecule has 0 aromatic heterocycles. The SMILES string of the molecule is COC(=O)C(CCCCC(C)N)c1ccccc1. The fourth-order valence-corrected chi connectivity index (χ4v) is 2.06. The Morgan fingerprint density at radius 2 is 1.83 bits per heavy atom. The fraction of sp³-hybridized carbons (Fsp3) is 0.533. The van der Waals surface area contributed by atoms with Crippen LogP contribution < -0.4 is 5.73 Å². The molecule has 0 heterocycles. The van der Waals surface area contributed by atoms with E-state index in [9.17, 15) is 4.79 Å². The lowest BCUT2D eigenvalue weighted by Gasteiger charge is -2.15. The molecular formula is C15H23NO2. The standard InChI is InChI=1S/C15H23NO2/c1-12(16)8-6-7-11-14(15(17)18-2)13-9-4-3-5-10-13/h3-5,9-10,12,14H,6-8,11,16H2,1-2H3. The number of esters is 1. The third kappa shape index (κ3) is 4.88. The van der Waals surface area contributed by atoms with E-state index < -0.39 is 0 Å². The Morgan fingerprint density at radius 3 is 2.39 bits per heavy atom. The highest BCUT2D eigenvalue weighted by Gasteiger charge is 2.20. The molecule has 1 aromatic rings. The summed E-state index contributed by atoms with van der Waals surface area (Å²) in [6, 6.07) is 10.0. The molecule has 18 heavy (non-hydrogen) atoms. The maximum Gasteiger partial charge on any atom is 0.313 e. The van der Waals surface area contributed by atoms with Gasteiger partial charge in [-0.3, -0.25) is 4.79 Å². The highest BCUT2D eigenvalue weighted by atomic mass is 16.5. The van der Waals surface area contributed by atoms with Gasteiger partial charge in [0, 0.05) is 6.04 Å². The molecule has 0 aliphatic heterocycles. The van der Waals surface area contributed by atoms with Crippen molar-refractivity contribution >= 4 is 5.97 Å². The molecule has 0 saturated carbocycles. The first-order valence-electron chi connectivity index (χ1n) is 6.53. The topological polar surface area (TPSA) is 52.3 Å². The second-order valence-corrected chi connectivity index (χ2v) is 4.75. The van der Waals surface area contributed by atoms with Crippen molar-refractivity contribution in [3.8, 4) is 0 Å². The lowest BCUT2D eigenvalue weighted by atomic mass is 9.93. The predicted octanol–water partition coefficient (Wildman–Crippen LogP) is 2.85. The molecular weight excluding hydrogens is 226 g/mol. The van der Waals surface area contributed by atoms with Gasteiger partial charge in [0.05, 0.1) is 13.0 Å². The van der Waals surface area contributed by atoms with Crippen LogP contribution in [0.25, 0.3) is 0 Å². The third-order valence-electron chi connectivity index (χ3n) is 3.09. The maximum absolute atomic E-state index is 11.8. The summed E-state index contributed by atoms with van der Waals surface area (Å²) in [6.07, 6.45) is 3.88. The third-order valence-corrected chi connectivity index (χ3v) is 3.09. The van der Waals surface area contributed by atoms with Crippen LogP contribution in [-0.2, 0) is 9.53 Å². The van der Waals surface area contributed by atoms with Crippen LogP contribution in [0.4, 0.5) is 0 Å². The molecule has 0 aliphatic carbocycles. The van der Waals surface area contributed by atoms with Crippen molar-refractivity contribution in [2.24, 2.45) is 5.73 Å². The number of hydrogen-bond acceptors (Lipinski definition) is 3. The molecule has 2 unspecified atom stereocenters. The minimum absolute atomic E-state index is 0.149. The van der Waals surface area contributed by atoms with Crippen LogP contribution in [0, 0.1) is 0 Å². The summed E-state index contributed by atoms with van der Waals surface area (Å²) in [5, 5.41) is 0. The van der Waals surface area contributed by atoms with E-state index >= 15 is 0 Å². The number of nitrogens with two attached hydrogens (primary N) is 1. The molecule has 2 N–H and O–H groups in total. The Hall–Kier alpha value is -1.35. The Labute approximate surface area is 109 Å². The second-order valence-electron chi connectivity index (χ2n) is 4.75. The molecule has 0 saturated heterocycles. The van der Waals surface area contributed by atoms with Gasteiger partial charge in [-0.2, -0.15) is 0 Å². The van der Waals surface area contributed by atoms with Crippen molar-refractivity contribution in [2.45, 2.75) is 44.6 Å². The van der Waals surface area contributed by atoms with Gasteiger partial charge in [-0.1, -0.05) is 43.2 Å². The molecule has 0 bridgehead atoms. The molecule has 3 heteroatoms. The summed E-state index contributed by atoms with van der Waals surface area (Å²) in [6.45, 7) is 2.01. The molecule has 0 fully saturated rings. The smallest absolute Gasteiger partial charge is 0.313 e. The Morgan fingerprint density at radius 1 is 1.22 bits per heavy atom. The number of methoxy groups -OCH3 is 1. The van der Waals surface area contributed by atoms with E-state index in [0.29, 0.717) is 0 Å². The van der Waals surface area contributed by atoms with E-state index in [1.54, 1.807) is 0 Å². The van der Waals surface area contributed by atoms with E-state index in [1.807, 2.05) is 37.3 Å². The van der Waals surface area contributed by atoms with Crippen LogP contribution >= 0.6 is 0 Å². The number of carbonyl (C=O) groups excluding carboxylic acids is 1. The zero-order chi connectivity index (χ0) is 13.4. The van der Waals surface area contributed by atoms with Gasteiger partial charge in [-0.05, 0) is 25.3 Å². The van der Waals surface area contributed by atoms with Gasteiger partial charge in [0.1, 0.15) is 0 Å². The first-order chi connectivity index (χ1) is 8.65.